The lowest BCUT2D eigenvalue weighted by molar-refractivity contribution is 0.0650. The highest BCUT2D eigenvalue weighted by atomic mass is 16.3. The number of aliphatic hydroxyl groups excluding tert-OH is 1. The lowest BCUT2D eigenvalue weighted by Gasteiger charge is -2.35. The molecule has 0 amide bonds. The first kappa shape index (κ1) is 9.21. The fourth-order valence-electron chi connectivity index (χ4n) is 4.46. The van der Waals surface area contributed by atoms with Gasteiger partial charge in [-0.15, -0.1) is 0 Å². The summed E-state index contributed by atoms with van der Waals surface area (Å²) in [7, 11) is 0. The predicted octanol–water partition coefficient (Wildman–Crippen LogP) is 2.97. The topological polar surface area (TPSA) is 20.2 Å². The highest BCUT2D eigenvalue weighted by Crippen LogP contribution is 2.53. The Morgan fingerprint density at radius 3 is 2.29 bits per heavy atom. The molecule has 0 heterocycles. The lowest BCUT2D eigenvalue weighted by atomic mass is 9.72. The Balaban J connectivity index is 1.65. The van der Waals surface area contributed by atoms with Gasteiger partial charge in [-0.2, -0.15) is 0 Å². The SMILES string of the molecule is O[C@@H]1CCC[C@H]([C@H]2C[C@@H]3CC[C@H]2C3)C1. The molecule has 5 atom stereocenters. The summed E-state index contributed by atoms with van der Waals surface area (Å²) in [5, 5.41) is 9.71. The van der Waals surface area contributed by atoms with Crippen LogP contribution in [0, 0.1) is 23.7 Å². The number of fused-ring (bicyclic) bond motifs is 2. The van der Waals surface area contributed by atoms with Gasteiger partial charge in [0.25, 0.3) is 0 Å². The molecule has 0 radical (unpaired) electrons. The minimum atomic E-state index is 0.0351. The van der Waals surface area contributed by atoms with Crippen molar-refractivity contribution in [2.45, 2.75) is 57.5 Å². The second kappa shape index (κ2) is 3.52. The molecular weight excluding hydrogens is 172 g/mol. The predicted molar refractivity (Wildman–Crippen MR) is 56.9 cm³/mol. The van der Waals surface area contributed by atoms with E-state index in [1.165, 1.54) is 38.5 Å². The van der Waals surface area contributed by atoms with Crippen LogP contribution in [0.1, 0.15) is 51.4 Å². The highest BCUT2D eigenvalue weighted by molar-refractivity contribution is 4.94. The van der Waals surface area contributed by atoms with Gasteiger partial charge in [0.05, 0.1) is 6.10 Å². The zero-order chi connectivity index (χ0) is 9.54. The molecule has 0 unspecified atom stereocenters. The number of rotatable bonds is 1. The van der Waals surface area contributed by atoms with Gasteiger partial charge in [-0.1, -0.05) is 12.8 Å². The van der Waals surface area contributed by atoms with Gasteiger partial charge in [0.1, 0.15) is 0 Å². The standard InChI is InChI=1S/C13H22O/c14-12-3-1-2-10(8-12)13-7-9-4-5-11(13)6-9/h9-14H,1-8H2/t9-,10+,11+,12-,13-/m1/s1. The first-order chi connectivity index (χ1) is 6.83. The van der Waals surface area contributed by atoms with E-state index in [2.05, 4.69) is 0 Å². The molecule has 3 rings (SSSR count). The molecule has 3 fully saturated rings. The van der Waals surface area contributed by atoms with Crippen LogP contribution >= 0.6 is 0 Å². The normalized spacial score (nSPS) is 52.5. The second-order valence-electron chi connectivity index (χ2n) is 5.92. The molecule has 3 aliphatic carbocycles. The summed E-state index contributed by atoms with van der Waals surface area (Å²) < 4.78 is 0. The molecule has 0 aliphatic heterocycles. The van der Waals surface area contributed by atoms with Crippen molar-refractivity contribution in [2.75, 3.05) is 0 Å². The summed E-state index contributed by atoms with van der Waals surface area (Å²) in [5.74, 6) is 4.01. The molecule has 1 nitrogen and oxygen atoms in total. The van der Waals surface area contributed by atoms with Crippen LogP contribution in [0.2, 0.25) is 0 Å². The Bertz CT molecular complexity index is 213. The van der Waals surface area contributed by atoms with E-state index in [4.69, 9.17) is 0 Å². The summed E-state index contributed by atoms with van der Waals surface area (Å²) >= 11 is 0. The van der Waals surface area contributed by atoms with Crippen molar-refractivity contribution in [2.24, 2.45) is 23.7 Å². The van der Waals surface area contributed by atoms with Gasteiger partial charge in [-0.3, -0.25) is 0 Å². The van der Waals surface area contributed by atoms with Crippen molar-refractivity contribution < 1.29 is 5.11 Å². The van der Waals surface area contributed by atoms with E-state index in [1.54, 1.807) is 0 Å². The molecule has 0 spiro atoms. The van der Waals surface area contributed by atoms with Gasteiger partial charge >= 0.3 is 0 Å². The average Bonchev–Trinajstić information content (AvgIpc) is 2.78. The highest BCUT2D eigenvalue weighted by Gasteiger charge is 2.43. The van der Waals surface area contributed by atoms with Crippen LogP contribution in [0.25, 0.3) is 0 Å². The fourth-order valence-corrected chi connectivity index (χ4v) is 4.46. The van der Waals surface area contributed by atoms with Crippen molar-refractivity contribution in [3.05, 3.63) is 0 Å². The number of aliphatic hydroxyl groups is 1. The summed E-state index contributed by atoms with van der Waals surface area (Å²) in [5.41, 5.74) is 0. The monoisotopic (exact) mass is 194 g/mol. The quantitative estimate of drug-likeness (QED) is 0.680. The third kappa shape index (κ3) is 1.50. The van der Waals surface area contributed by atoms with Crippen molar-refractivity contribution in [3.63, 3.8) is 0 Å². The maximum atomic E-state index is 9.71. The van der Waals surface area contributed by atoms with Gasteiger partial charge in [-0.25, -0.2) is 0 Å². The van der Waals surface area contributed by atoms with E-state index in [0.29, 0.717) is 0 Å². The molecule has 80 valence electrons. The molecule has 0 aromatic rings. The van der Waals surface area contributed by atoms with Gasteiger partial charge in [0, 0.05) is 0 Å². The first-order valence-corrected chi connectivity index (χ1v) is 6.51. The van der Waals surface area contributed by atoms with E-state index < -0.39 is 0 Å². The van der Waals surface area contributed by atoms with Gasteiger partial charge in [-0.05, 0) is 62.2 Å². The third-order valence-corrected chi connectivity index (χ3v) is 5.09. The van der Waals surface area contributed by atoms with Crippen LogP contribution in [0.4, 0.5) is 0 Å². The van der Waals surface area contributed by atoms with Crippen molar-refractivity contribution in [1.82, 2.24) is 0 Å². The summed E-state index contributed by atoms with van der Waals surface area (Å²) in [6.45, 7) is 0. The van der Waals surface area contributed by atoms with E-state index >= 15 is 0 Å². The molecule has 3 saturated carbocycles. The molecular formula is C13H22O. The Morgan fingerprint density at radius 1 is 0.786 bits per heavy atom. The zero-order valence-corrected chi connectivity index (χ0v) is 8.99. The largest absolute Gasteiger partial charge is 0.393 e. The van der Waals surface area contributed by atoms with E-state index in [0.717, 1.165) is 36.5 Å². The lowest BCUT2D eigenvalue weighted by Crippen LogP contribution is -2.28. The van der Waals surface area contributed by atoms with Gasteiger partial charge < -0.3 is 5.11 Å². The van der Waals surface area contributed by atoms with Crippen LogP contribution in [0.5, 0.6) is 0 Å². The van der Waals surface area contributed by atoms with Crippen LogP contribution in [0.3, 0.4) is 0 Å². The molecule has 14 heavy (non-hydrogen) atoms. The maximum absolute atomic E-state index is 9.71. The Hall–Kier alpha value is -0.0400. The average molecular weight is 194 g/mol. The summed E-state index contributed by atoms with van der Waals surface area (Å²) in [6, 6.07) is 0. The maximum Gasteiger partial charge on any atom is 0.0543 e. The van der Waals surface area contributed by atoms with Crippen molar-refractivity contribution >= 4 is 0 Å². The molecule has 0 aromatic carbocycles. The zero-order valence-electron chi connectivity index (χ0n) is 8.99. The molecule has 0 saturated heterocycles. The molecule has 1 N–H and O–H groups in total. The third-order valence-electron chi connectivity index (χ3n) is 5.09. The van der Waals surface area contributed by atoms with Crippen LogP contribution < -0.4 is 0 Å². The minimum Gasteiger partial charge on any atom is -0.393 e. The Labute approximate surface area is 86.9 Å². The van der Waals surface area contributed by atoms with Crippen LogP contribution in [-0.4, -0.2) is 11.2 Å². The fraction of sp³-hybridized carbons (Fsp3) is 1.00. The number of hydrogen-bond donors (Lipinski definition) is 1. The van der Waals surface area contributed by atoms with Crippen LogP contribution in [-0.2, 0) is 0 Å². The molecule has 0 aromatic heterocycles. The molecule has 3 aliphatic rings. The van der Waals surface area contributed by atoms with E-state index in [-0.39, 0.29) is 6.10 Å². The van der Waals surface area contributed by atoms with Crippen molar-refractivity contribution in [1.29, 1.82) is 0 Å². The first-order valence-electron chi connectivity index (χ1n) is 6.51. The molecule has 2 bridgehead atoms. The minimum absolute atomic E-state index is 0.0351. The Kier molecular flexibility index (Phi) is 2.31. The van der Waals surface area contributed by atoms with E-state index in [9.17, 15) is 5.11 Å². The van der Waals surface area contributed by atoms with E-state index in [1.807, 2.05) is 0 Å². The summed E-state index contributed by atoms with van der Waals surface area (Å²) in [4.78, 5) is 0. The summed E-state index contributed by atoms with van der Waals surface area (Å²) in [6.07, 6.45) is 10.9. The second-order valence-corrected chi connectivity index (χ2v) is 5.92. The number of hydrogen-bond acceptors (Lipinski definition) is 1. The smallest absolute Gasteiger partial charge is 0.0543 e. The Morgan fingerprint density at radius 2 is 1.64 bits per heavy atom. The molecule has 1 heteroatoms. The van der Waals surface area contributed by atoms with Crippen LogP contribution in [0.15, 0.2) is 0 Å². The van der Waals surface area contributed by atoms with Crippen molar-refractivity contribution in [3.8, 4) is 0 Å². The van der Waals surface area contributed by atoms with Gasteiger partial charge in [0.15, 0.2) is 0 Å². The van der Waals surface area contributed by atoms with Gasteiger partial charge in [0.2, 0.25) is 0 Å².